The number of benzene rings is 4. The summed E-state index contributed by atoms with van der Waals surface area (Å²) in [6.07, 6.45) is 1.61. The molecule has 2 amide bonds. The van der Waals surface area contributed by atoms with Crippen LogP contribution in [0.2, 0.25) is 0 Å². The normalized spacial score (nSPS) is 24.6. The molecular formula is C61H74AgN8O18. The standard InChI is InChI=1S/C31H36N4O7.C30H37N3O8.Ag.HNO3/c1-7-23(37)33-12-22-25-18(29(42-16(4)36)15(3)30-31(25)41-13-40-30)10-20-26-24-17(8-14(2)28(39-6)27(24)38)9-19(34(26)5)21(11-32)35(20)22;1-7-21(35)31-11-20-23-17(27(41-15(4)34)14(3)28-29(23)40-12-39-28)10-18-24-22-16(8-13(2)26(38-6)25(22)36)9-19(32(24)5)30(37)33(18)20;;2-1(3)4/h8,19-22,26,38H,7,9-10,12-13H2,1-6H3,(H,33,37);8,18-20,24,30,36-37H,7,9-12H2,1-6H3,(H,31,35);;(H,2,3,4)/t19-,20?,21-,22-,26-;18?,19-,20-,24-,30-;;/m00../s1. The molecule has 4 aromatic rings. The SMILES string of the molecule is CCC(=O)NC[C@H]1c2c(c(OC(C)=O)c(C)c3c2OCO3)CC2[C@H]3c4c(cc(C)c(OC)c4O)C[C@@H]([C@H](C#N)N21)N3C.CCC(=O)NC[C@H]1c2c(c(OC(C)=O)c(C)c3c2OCO3)CC2[C@H]3c4c(cc(C)c(OC)c4O)C[C@@H]([C@H](O)N21)N3C.O=[N+]([O-])O.[Ag]. The molecule has 2 fully saturated rings. The number of ether oxygens (including phenoxy) is 8. The monoisotopic (exact) mass is 1310 g/mol. The number of aromatic hydroxyl groups is 2. The van der Waals surface area contributed by atoms with Gasteiger partial charge in [-0.25, -0.2) is 0 Å². The third kappa shape index (κ3) is 10.8. The molecule has 8 aliphatic rings. The van der Waals surface area contributed by atoms with Gasteiger partial charge in [0.05, 0.1) is 50.5 Å². The molecule has 1 radical (unpaired) electrons. The number of hydrogen-bond acceptors (Lipinski definition) is 22. The number of methoxy groups -OCH3 is 2. The summed E-state index contributed by atoms with van der Waals surface area (Å²) in [5, 5.41) is 65.5. The molecule has 0 aliphatic carbocycles. The minimum absolute atomic E-state index is 0. The fourth-order valence-electron chi connectivity index (χ4n) is 15.1. The quantitative estimate of drug-likeness (QED) is 0.0399. The number of nitriles is 1. The Kier molecular flexibility index (Phi) is 18.8. The van der Waals surface area contributed by atoms with E-state index in [4.69, 9.17) is 53.2 Å². The number of aliphatic hydroxyl groups excluding tert-OH is 1. The Morgan fingerprint density at radius 1 is 0.659 bits per heavy atom. The molecule has 4 bridgehead atoms. The van der Waals surface area contributed by atoms with Gasteiger partial charge in [0.2, 0.25) is 25.4 Å². The summed E-state index contributed by atoms with van der Waals surface area (Å²) in [7, 11) is 7.04. The molecule has 2 unspecified atom stereocenters. The number of aliphatic hydroxyl groups is 1. The Bertz CT molecular complexity index is 3540. The zero-order valence-electron chi connectivity index (χ0n) is 51.0. The molecule has 8 aliphatic heterocycles. The largest absolute Gasteiger partial charge is 0.504 e. The van der Waals surface area contributed by atoms with Gasteiger partial charge < -0.3 is 69.1 Å². The smallest absolute Gasteiger partial charge is 0.308 e. The molecule has 2 saturated heterocycles. The Labute approximate surface area is 524 Å². The van der Waals surface area contributed by atoms with Crippen LogP contribution in [0.5, 0.6) is 57.5 Å². The molecule has 27 heteroatoms. The van der Waals surface area contributed by atoms with Crippen LogP contribution in [0.25, 0.3) is 0 Å². The van der Waals surface area contributed by atoms with Crippen LogP contribution in [-0.2, 0) is 67.2 Å². The van der Waals surface area contributed by atoms with Crippen LogP contribution < -0.4 is 48.5 Å². The van der Waals surface area contributed by atoms with Crippen molar-refractivity contribution in [1.29, 1.82) is 5.26 Å². The van der Waals surface area contributed by atoms with Gasteiger partial charge in [0.15, 0.2) is 46.0 Å². The number of fused-ring (bicyclic) bond motifs is 18. The van der Waals surface area contributed by atoms with Gasteiger partial charge in [0.25, 0.3) is 5.09 Å². The first-order chi connectivity index (χ1) is 41.4. The fourth-order valence-corrected chi connectivity index (χ4v) is 15.1. The number of hydrogen-bond donors (Lipinski definition) is 6. The molecule has 0 spiro atoms. The zero-order chi connectivity index (χ0) is 62.9. The number of aryl methyl sites for hydroxylation is 2. The number of nitrogens with zero attached hydrogens (tertiary/aromatic N) is 6. The molecule has 88 heavy (non-hydrogen) atoms. The van der Waals surface area contributed by atoms with Crippen LogP contribution in [0, 0.1) is 49.1 Å². The van der Waals surface area contributed by atoms with Crippen molar-refractivity contribution in [3.05, 3.63) is 89.0 Å². The minimum Gasteiger partial charge on any atom is -0.504 e. The van der Waals surface area contributed by atoms with Gasteiger partial charge in [-0.2, -0.15) is 5.26 Å². The van der Waals surface area contributed by atoms with Gasteiger partial charge in [-0.3, -0.25) is 38.8 Å². The number of carbonyl (C=O) groups excluding carboxylic acids is 4. The maximum absolute atomic E-state index is 12.6. The number of esters is 2. The molecule has 8 heterocycles. The summed E-state index contributed by atoms with van der Waals surface area (Å²) >= 11 is 0. The number of carbonyl (C=O) groups is 4. The van der Waals surface area contributed by atoms with Gasteiger partial charge in [-0.15, -0.1) is 10.1 Å². The summed E-state index contributed by atoms with van der Waals surface area (Å²) < 4.78 is 46.6. The topological polar surface area (TPSA) is 327 Å². The van der Waals surface area contributed by atoms with Crippen molar-refractivity contribution >= 4 is 23.8 Å². The predicted octanol–water partition coefficient (Wildman–Crippen LogP) is 5.01. The third-order valence-corrected chi connectivity index (χ3v) is 18.5. The van der Waals surface area contributed by atoms with Crippen molar-refractivity contribution in [1.82, 2.24) is 30.2 Å². The molecule has 12 rings (SSSR count). The number of piperazine rings is 2. The van der Waals surface area contributed by atoms with Crippen molar-refractivity contribution < 1.29 is 105 Å². The van der Waals surface area contributed by atoms with Crippen LogP contribution in [0.3, 0.4) is 0 Å². The first-order valence-corrected chi connectivity index (χ1v) is 28.9. The second-order valence-electron chi connectivity index (χ2n) is 23.1. The van der Waals surface area contributed by atoms with E-state index in [-0.39, 0.29) is 109 Å². The Hall–Kier alpha value is -7.61. The van der Waals surface area contributed by atoms with Crippen molar-refractivity contribution in [2.75, 3.05) is 55.0 Å². The molecular weight excluding hydrogens is 1240 g/mol. The third-order valence-electron chi connectivity index (χ3n) is 18.5. The van der Waals surface area contributed by atoms with Gasteiger partial charge >= 0.3 is 11.9 Å². The number of amides is 2. The average Bonchev–Trinajstić information content (AvgIpc) is 0.861. The Morgan fingerprint density at radius 3 is 1.44 bits per heavy atom. The molecule has 477 valence electrons. The molecule has 0 aromatic heterocycles. The molecule has 26 nitrogen and oxygen atoms in total. The summed E-state index contributed by atoms with van der Waals surface area (Å²) in [4.78, 5) is 66.6. The van der Waals surface area contributed by atoms with E-state index >= 15 is 0 Å². The van der Waals surface area contributed by atoms with Crippen molar-refractivity contribution in [3.8, 4) is 63.6 Å². The summed E-state index contributed by atoms with van der Waals surface area (Å²) in [6.45, 7) is 14.2. The summed E-state index contributed by atoms with van der Waals surface area (Å²) in [5.41, 5.74) is 9.50. The van der Waals surface area contributed by atoms with E-state index in [1.54, 1.807) is 28.1 Å². The predicted molar refractivity (Wildman–Crippen MR) is 307 cm³/mol. The zero-order valence-corrected chi connectivity index (χ0v) is 52.5. The average molecular weight is 1320 g/mol. The van der Waals surface area contributed by atoms with Crippen LogP contribution in [0.15, 0.2) is 12.1 Å². The van der Waals surface area contributed by atoms with E-state index in [0.717, 1.165) is 55.6 Å². The number of phenols is 2. The molecule has 6 N–H and O–H groups in total. The second-order valence-corrected chi connectivity index (χ2v) is 23.1. The maximum atomic E-state index is 12.6. The molecule has 10 atom stereocenters. The number of phenolic OH excluding ortho intramolecular Hbond substituents is 2. The summed E-state index contributed by atoms with van der Waals surface area (Å²) in [5.74, 6) is 2.79. The van der Waals surface area contributed by atoms with Crippen LogP contribution in [0.1, 0.15) is 131 Å². The maximum Gasteiger partial charge on any atom is 0.308 e. The van der Waals surface area contributed by atoms with Crippen LogP contribution >= 0.6 is 0 Å². The van der Waals surface area contributed by atoms with Crippen molar-refractivity contribution in [3.63, 3.8) is 0 Å². The van der Waals surface area contributed by atoms with E-state index in [1.165, 1.54) is 13.8 Å². The van der Waals surface area contributed by atoms with Gasteiger partial charge in [-0.1, -0.05) is 26.0 Å². The van der Waals surface area contributed by atoms with E-state index in [0.29, 0.717) is 95.6 Å². The molecule has 0 saturated carbocycles. The number of likely N-dealkylation sites (N-methyl/N-ethyl adjacent to an activating group) is 2. The number of rotatable bonds is 10. The summed E-state index contributed by atoms with van der Waals surface area (Å²) in [6, 6.07) is 3.36. The van der Waals surface area contributed by atoms with Crippen LogP contribution in [-0.4, -0.2) is 160 Å². The first-order valence-electron chi connectivity index (χ1n) is 28.9. The van der Waals surface area contributed by atoms with Crippen molar-refractivity contribution in [2.45, 2.75) is 155 Å². The van der Waals surface area contributed by atoms with Gasteiger partial charge in [0, 0.05) is 125 Å². The first kappa shape index (κ1) is 64.9. The van der Waals surface area contributed by atoms with Crippen LogP contribution in [0.4, 0.5) is 0 Å². The second kappa shape index (κ2) is 25.5. The van der Waals surface area contributed by atoms with E-state index in [1.807, 2.05) is 58.8 Å². The van der Waals surface area contributed by atoms with Gasteiger partial charge in [0.1, 0.15) is 23.8 Å². The number of nitrogens with one attached hydrogen (secondary N) is 2. The van der Waals surface area contributed by atoms with E-state index < -0.39 is 41.4 Å². The van der Waals surface area contributed by atoms with E-state index in [9.17, 15) is 39.8 Å². The fraction of sp³-hybridized carbons (Fsp3) is 0.525. The van der Waals surface area contributed by atoms with Gasteiger partial charge in [-0.05, 0) is 89.7 Å². The molecule has 4 aromatic carbocycles. The van der Waals surface area contributed by atoms with Crippen molar-refractivity contribution in [2.24, 2.45) is 0 Å². The van der Waals surface area contributed by atoms with E-state index in [2.05, 4.69) is 31.4 Å². The Morgan fingerprint density at radius 2 is 1.05 bits per heavy atom. The minimum atomic E-state index is -1.50. The Balaban J connectivity index is 0.000000195.